The van der Waals surface area contributed by atoms with Gasteiger partial charge in [-0.05, 0) is 31.9 Å². The normalized spacial score (nSPS) is 13.4. The van der Waals surface area contributed by atoms with Gasteiger partial charge >= 0.3 is 0 Å². The Balaban J connectivity index is 2.35. The molecule has 25 heavy (non-hydrogen) atoms. The molecule has 0 bridgehead atoms. The summed E-state index contributed by atoms with van der Waals surface area (Å²) in [6.45, 7) is 8.01. The third-order valence-corrected chi connectivity index (χ3v) is 4.86. The van der Waals surface area contributed by atoms with E-state index >= 15 is 0 Å². The maximum Gasteiger partial charge on any atom is 0.261 e. The van der Waals surface area contributed by atoms with Gasteiger partial charge in [0, 0.05) is 31.6 Å². The fourth-order valence-corrected chi connectivity index (χ4v) is 3.72. The summed E-state index contributed by atoms with van der Waals surface area (Å²) in [4.78, 5) is 32.6. The van der Waals surface area contributed by atoms with Crippen LogP contribution in [0.2, 0.25) is 0 Å². The first-order valence-electron chi connectivity index (χ1n) is 8.75. The van der Waals surface area contributed by atoms with Crippen molar-refractivity contribution >= 4 is 40.8 Å². The van der Waals surface area contributed by atoms with Crippen LogP contribution in [-0.2, 0) is 4.79 Å². The van der Waals surface area contributed by atoms with Crippen molar-refractivity contribution in [3.8, 4) is 0 Å². The molecule has 2 amide bonds. The van der Waals surface area contributed by atoms with Crippen molar-refractivity contribution < 1.29 is 9.59 Å². The molecule has 1 aliphatic rings. The number of amides is 2. The van der Waals surface area contributed by atoms with Gasteiger partial charge in [-0.3, -0.25) is 9.59 Å². The van der Waals surface area contributed by atoms with Gasteiger partial charge in [0.1, 0.15) is 5.84 Å². The highest BCUT2D eigenvalue weighted by atomic mass is 32.1. The van der Waals surface area contributed by atoms with Crippen molar-refractivity contribution in [2.45, 2.75) is 40.0 Å². The Morgan fingerprint density at radius 2 is 1.96 bits per heavy atom. The highest BCUT2D eigenvalue weighted by Gasteiger charge is 2.22. The highest BCUT2D eigenvalue weighted by molar-refractivity contribution is 7.15. The second-order valence-electron chi connectivity index (χ2n) is 5.96. The number of nitrogens with zero attached hydrogens (tertiary/aromatic N) is 2. The molecule has 0 saturated heterocycles. The van der Waals surface area contributed by atoms with Crippen molar-refractivity contribution in [2.75, 3.05) is 19.6 Å². The maximum absolute atomic E-state index is 12.9. The van der Waals surface area contributed by atoms with E-state index in [2.05, 4.69) is 24.2 Å². The molecule has 6 nitrogen and oxygen atoms in total. The lowest BCUT2D eigenvalue weighted by Gasteiger charge is -2.22. The van der Waals surface area contributed by atoms with Crippen molar-refractivity contribution in [1.82, 2.24) is 10.2 Å². The van der Waals surface area contributed by atoms with Crippen LogP contribution in [0.25, 0.3) is 6.08 Å². The van der Waals surface area contributed by atoms with Crippen LogP contribution in [-0.4, -0.2) is 42.2 Å². The van der Waals surface area contributed by atoms with Gasteiger partial charge in [-0.25, -0.2) is 4.99 Å². The lowest BCUT2D eigenvalue weighted by Crippen LogP contribution is -2.34. The molecule has 0 saturated carbocycles. The minimum absolute atomic E-state index is 0.00246. The number of hydrogen-bond acceptors (Lipinski definition) is 5. The predicted molar refractivity (Wildman–Crippen MR) is 103 cm³/mol. The number of nitrogens with two attached hydrogens (primary N) is 1. The van der Waals surface area contributed by atoms with Gasteiger partial charge in [-0.1, -0.05) is 13.8 Å². The van der Waals surface area contributed by atoms with Crippen LogP contribution in [0.5, 0.6) is 0 Å². The Morgan fingerprint density at radius 3 is 2.56 bits per heavy atom. The smallest absolute Gasteiger partial charge is 0.261 e. The molecule has 1 aliphatic heterocycles. The van der Waals surface area contributed by atoms with Crippen LogP contribution < -0.4 is 11.1 Å². The van der Waals surface area contributed by atoms with E-state index in [0.29, 0.717) is 34.9 Å². The Bertz CT molecular complexity index is 700. The van der Waals surface area contributed by atoms with Crippen molar-refractivity contribution in [2.24, 2.45) is 10.7 Å². The number of fused-ring (bicyclic) bond motifs is 1. The van der Waals surface area contributed by atoms with Crippen molar-refractivity contribution in [3.05, 3.63) is 21.4 Å². The zero-order chi connectivity index (χ0) is 18.4. The van der Waals surface area contributed by atoms with E-state index in [9.17, 15) is 9.59 Å². The van der Waals surface area contributed by atoms with Crippen LogP contribution in [0, 0.1) is 0 Å². The number of aliphatic imine (C=N–C) groups is 1. The molecular weight excluding hydrogens is 336 g/mol. The van der Waals surface area contributed by atoms with E-state index in [1.165, 1.54) is 11.3 Å². The minimum atomic E-state index is -0.130. The summed E-state index contributed by atoms with van der Waals surface area (Å²) >= 11 is 1.34. The summed E-state index contributed by atoms with van der Waals surface area (Å²) in [5.74, 6) is 0.267. The van der Waals surface area contributed by atoms with Gasteiger partial charge in [-0.15, -0.1) is 11.3 Å². The first-order chi connectivity index (χ1) is 12.0. The first-order valence-corrected chi connectivity index (χ1v) is 9.56. The molecule has 3 N–H and O–H groups in total. The molecule has 0 radical (unpaired) electrons. The van der Waals surface area contributed by atoms with E-state index in [-0.39, 0.29) is 11.8 Å². The Hall–Kier alpha value is -2.15. The summed E-state index contributed by atoms with van der Waals surface area (Å²) in [5.41, 5.74) is 7.30. The molecule has 7 heteroatoms. The van der Waals surface area contributed by atoms with Crippen LogP contribution in [0.3, 0.4) is 0 Å². The van der Waals surface area contributed by atoms with Gasteiger partial charge in [0.05, 0.1) is 15.4 Å². The fraction of sp³-hybridized carbons (Fsp3) is 0.500. The molecule has 0 fully saturated rings. The van der Waals surface area contributed by atoms with Crippen molar-refractivity contribution in [3.63, 3.8) is 0 Å². The topological polar surface area (TPSA) is 87.8 Å². The highest BCUT2D eigenvalue weighted by Crippen LogP contribution is 2.34. The van der Waals surface area contributed by atoms with Gasteiger partial charge in [0.25, 0.3) is 5.91 Å². The zero-order valence-corrected chi connectivity index (χ0v) is 15.9. The molecule has 1 aromatic rings. The SMILES string of the molecule is CCCN(CCC)C(=O)C1=Cc2sc(C(=O)NCC)cc2N=C(N)C1. The number of hydrogen-bond donors (Lipinski definition) is 2. The summed E-state index contributed by atoms with van der Waals surface area (Å²) in [6.07, 6.45) is 4.00. The van der Waals surface area contributed by atoms with Crippen LogP contribution in [0.1, 0.15) is 54.6 Å². The van der Waals surface area contributed by atoms with Gasteiger partial charge < -0.3 is 16.0 Å². The van der Waals surface area contributed by atoms with Gasteiger partial charge in [0.15, 0.2) is 0 Å². The van der Waals surface area contributed by atoms with Crippen LogP contribution >= 0.6 is 11.3 Å². The Morgan fingerprint density at radius 1 is 1.28 bits per heavy atom. The largest absolute Gasteiger partial charge is 0.387 e. The lowest BCUT2D eigenvalue weighted by molar-refractivity contribution is -0.127. The quantitative estimate of drug-likeness (QED) is 0.782. The van der Waals surface area contributed by atoms with E-state index in [1.54, 1.807) is 6.07 Å². The third-order valence-electron chi connectivity index (χ3n) is 3.79. The van der Waals surface area contributed by atoms with Crippen molar-refractivity contribution in [1.29, 1.82) is 0 Å². The average molecular weight is 362 g/mol. The summed E-state index contributed by atoms with van der Waals surface area (Å²) < 4.78 is 0. The second-order valence-corrected chi connectivity index (χ2v) is 7.05. The number of carbonyl (C=O) groups excluding carboxylic acids is 2. The summed E-state index contributed by atoms with van der Waals surface area (Å²) in [6, 6.07) is 1.73. The number of thiophene rings is 1. The van der Waals surface area contributed by atoms with Crippen LogP contribution in [0.15, 0.2) is 16.6 Å². The molecule has 0 aliphatic carbocycles. The maximum atomic E-state index is 12.9. The fourth-order valence-electron chi connectivity index (χ4n) is 2.74. The van der Waals surface area contributed by atoms with E-state index < -0.39 is 0 Å². The van der Waals surface area contributed by atoms with E-state index in [0.717, 1.165) is 30.8 Å². The number of nitrogens with one attached hydrogen (secondary N) is 1. The van der Waals surface area contributed by atoms with Crippen LogP contribution in [0.4, 0.5) is 5.69 Å². The first kappa shape index (κ1) is 19.2. The zero-order valence-electron chi connectivity index (χ0n) is 15.1. The van der Waals surface area contributed by atoms with E-state index in [4.69, 9.17) is 5.73 Å². The molecule has 1 aromatic heterocycles. The second kappa shape index (κ2) is 8.80. The molecule has 136 valence electrons. The Labute approximate surface area is 152 Å². The summed E-state index contributed by atoms with van der Waals surface area (Å²) in [5, 5.41) is 2.78. The molecule has 0 spiro atoms. The monoisotopic (exact) mass is 362 g/mol. The molecule has 0 atom stereocenters. The van der Waals surface area contributed by atoms with Gasteiger partial charge in [0.2, 0.25) is 5.91 Å². The third kappa shape index (κ3) is 4.69. The number of amidine groups is 1. The molecule has 2 heterocycles. The Kier molecular flexibility index (Phi) is 6.75. The number of carbonyl (C=O) groups is 2. The van der Waals surface area contributed by atoms with E-state index in [1.807, 2.05) is 17.9 Å². The number of rotatable bonds is 7. The standard InChI is InChI=1S/C18H26N4O2S/c1-4-7-22(8-5-2)18(24)12-9-14-13(21-16(19)10-12)11-15(25-14)17(23)20-6-3/h9,11H,4-8,10H2,1-3H3,(H2,19,21)(H,20,23). The molecule has 0 aromatic carbocycles. The minimum Gasteiger partial charge on any atom is -0.387 e. The molecular formula is C18H26N4O2S. The lowest BCUT2D eigenvalue weighted by atomic mass is 10.1. The predicted octanol–water partition coefficient (Wildman–Crippen LogP) is 2.92. The molecule has 2 rings (SSSR count). The van der Waals surface area contributed by atoms with Gasteiger partial charge in [-0.2, -0.15) is 0 Å². The molecule has 0 unspecified atom stereocenters. The summed E-state index contributed by atoms with van der Waals surface area (Å²) in [7, 11) is 0. The average Bonchev–Trinajstić information content (AvgIpc) is 2.89.